The molecule has 0 bridgehead atoms. The Morgan fingerprint density at radius 3 is 2.95 bits per heavy atom. The van der Waals surface area contributed by atoms with Gasteiger partial charge < -0.3 is 16.2 Å². The van der Waals surface area contributed by atoms with Gasteiger partial charge in [0.15, 0.2) is 5.13 Å². The highest BCUT2D eigenvalue weighted by Gasteiger charge is 2.19. The fourth-order valence-corrected chi connectivity index (χ4v) is 3.30. The number of aliphatic carboxylic acids is 1. The third kappa shape index (κ3) is 3.31. The van der Waals surface area contributed by atoms with E-state index >= 15 is 0 Å². The zero-order valence-electron chi connectivity index (χ0n) is 10.4. The second kappa shape index (κ2) is 6.14. The Morgan fingerprint density at radius 2 is 2.37 bits per heavy atom. The lowest BCUT2D eigenvalue weighted by molar-refractivity contribution is -0.138. The fourth-order valence-electron chi connectivity index (χ4n) is 1.63. The number of hydrogen-bond donors (Lipinski definition) is 3. The molecule has 102 valence electrons. The van der Waals surface area contributed by atoms with Crippen molar-refractivity contribution in [3.63, 3.8) is 0 Å². The first-order valence-electron chi connectivity index (χ1n) is 5.85. The quantitative estimate of drug-likeness (QED) is 0.763. The topological polar surface area (TPSA) is 88.2 Å². The third-order valence-electron chi connectivity index (χ3n) is 2.70. The molecule has 2 rings (SSSR count). The first-order valence-corrected chi connectivity index (χ1v) is 7.61. The molecule has 0 aliphatic heterocycles. The van der Waals surface area contributed by atoms with Gasteiger partial charge in [0.2, 0.25) is 0 Å². The number of nitrogens with zero attached hydrogens (tertiary/aromatic N) is 1. The van der Waals surface area contributed by atoms with Crippen LogP contribution in [0.1, 0.15) is 36.0 Å². The van der Waals surface area contributed by atoms with Gasteiger partial charge in [-0.25, -0.2) is 4.98 Å². The molecule has 0 aliphatic rings. The van der Waals surface area contributed by atoms with Crippen molar-refractivity contribution < 1.29 is 9.90 Å². The van der Waals surface area contributed by atoms with Gasteiger partial charge in [0, 0.05) is 10.3 Å². The van der Waals surface area contributed by atoms with Crippen LogP contribution in [0.4, 0.5) is 5.13 Å². The number of carboxylic acid groups (broad SMARTS) is 1. The molecule has 0 amide bonds. The Bertz CT molecular complexity index is 539. The molecule has 0 aliphatic carbocycles. The number of carbonyl (C=O) groups is 1. The first kappa shape index (κ1) is 14.0. The number of thiophene rings is 1. The molecular formula is C12H15N3O2S2. The van der Waals surface area contributed by atoms with E-state index in [4.69, 9.17) is 10.8 Å². The van der Waals surface area contributed by atoms with Crippen molar-refractivity contribution in [1.29, 1.82) is 0 Å². The maximum absolute atomic E-state index is 10.8. The minimum atomic E-state index is -1.07. The molecule has 5 nitrogen and oxygen atoms in total. The predicted octanol–water partition coefficient (Wildman–Crippen LogP) is 2.85. The normalized spacial score (nSPS) is 14.0. The minimum absolute atomic E-state index is 0.194. The SMILES string of the molecule is CCC(Nc1nc(C(N)C(=O)O)cs1)c1cccs1. The Balaban J connectivity index is 2.09. The summed E-state index contributed by atoms with van der Waals surface area (Å²) in [6, 6.07) is 3.22. The van der Waals surface area contributed by atoms with Crippen LogP contribution in [0.15, 0.2) is 22.9 Å². The molecule has 0 spiro atoms. The zero-order valence-corrected chi connectivity index (χ0v) is 12.0. The van der Waals surface area contributed by atoms with Crippen LogP contribution >= 0.6 is 22.7 Å². The van der Waals surface area contributed by atoms with Crippen molar-refractivity contribution in [1.82, 2.24) is 4.98 Å². The van der Waals surface area contributed by atoms with Crippen LogP contribution in [0.3, 0.4) is 0 Å². The smallest absolute Gasteiger partial charge is 0.326 e. The molecular weight excluding hydrogens is 282 g/mol. The summed E-state index contributed by atoms with van der Waals surface area (Å²) < 4.78 is 0. The second-order valence-corrected chi connectivity index (χ2v) is 5.85. The van der Waals surface area contributed by atoms with Crippen molar-refractivity contribution in [2.24, 2.45) is 5.73 Å². The molecule has 2 aromatic heterocycles. The number of nitrogens with two attached hydrogens (primary N) is 1. The van der Waals surface area contributed by atoms with E-state index in [0.29, 0.717) is 10.8 Å². The van der Waals surface area contributed by atoms with E-state index in [-0.39, 0.29) is 6.04 Å². The predicted molar refractivity (Wildman–Crippen MR) is 77.7 cm³/mol. The average molecular weight is 297 g/mol. The van der Waals surface area contributed by atoms with Gasteiger partial charge in [-0.3, -0.25) is 4.79 Å². The zero-order chi connectivity index (χ0) is 13.8. The lowest BCUT2D eigenvalue weighted by atomic mass is 10.2. The second-order valence-electron chi connectivity index (χ2n) is 4.01. The average Bonchev–Trinajstić information content (AvgIpc) is 3.06. The van der Waals surface area contributed by atoms with Gasteiger partial charge >= 0.3 is 5.97 Å². The lowest BCUT2D eigenvalue weighted by Crippen LogP contribution is -2.21. The van der Waals surface area contributed by atoms with Gasteiger partial charge in [0.05, 0.1) is 11.7 Å². The molecule has 19 heavy (non-hydrogen) atoms. The van der Waals surface area contributed by atoms with Gasteiger partial charge in [0.25, 0.3) is 0 Å². The molecule has 2 atom stereocenters. The van der Waals surface area contributed by atoms with Gasteiger partial charge in [-0.15, -0.1) is 22.7 Å². The Labute approximate surface area is 119 Å². The van der Waals surface area contributed by atoms with Crippen molar-refractivity contribution in [2.45, 2.75) is 25.4 Å². The molecule has 2 aromatic rings. The van der Waals surface area contributed by atoms with E-state index in [1.807, 2.05) is 11.4 Å². The molecule has 4 N–H and O–H groups in total. The molecule has 0 fully saturated rings. The highest BCUT2D eigenvalue weighted by atomic mass is 32.1. The number of hydrogen-bond acceptors (Lipinski definition) is 6. The summed E-state index contributed by atoms with van der Waals surface area (Å²) in [5, 5.41) is 16.6. The van der Waals surface area contributed by atoms with Gasteiger partial charge in [0.1, 0.15) is 6.04 Å². The highest BCUT2D eigenvalue weighted by Crippen LogP contribution is 2.28. The number of carboxylic acids is 1. The highest BCUT2D eigenvalue weighted by molar-refractivity contribution is 7.13. The van der Waals surface area contributed by atoms with Crippen LogP contribution < -0.4 is 11.1 Å². The summed E-state index contributed by atoms with van der Waals surface area (Å²) in [6.45, 7) is 2.09. The summed E-state index contributed by atoms with van der Waals surface area (Å²) in [5.74, 6) is -1.07. The van der Waals surface area contributed by atoms with Crippen molar-refractivity contribution in [3.8, 4) is 0 Å². The number of nitrogens with one attached hydrogen (secondary N) is 1. The van der Waals surface area contributed by atoms with Crippen LogP contribution in [0.25, 0.3) is 0 Å². The molecule has 7 heteroatoms. The van der Waals surface area contributed by atoms with Gasteiger partial charge in [-0.2, -0.15) is 0 Å². The number of rotatable bonds is 6. The summed E-state index contributed by atoms with van der Waals surface area (Å²) in [7, 11) is 0. The molecule has 2 unspecified atom stereocenters. The Kier molecular flexibility index (Phi) is 4.52. The van der Waals surface area contributed by atoms with Crippen LogP contribution in [-0.2, 0) is 4.79 Å². The van der Waals surface area contributed by atoms with Gasteiger partial charge in [-0.1, -0.05) is 13.0 Å². The van der Waals surface area contributed by atoms with E-state index < -0.39 is 12.0 Å². The standard InChI is InChI=1S/C12H15N3O2S2/c1-2-7(9-4-3-5-18-9)14-12-15-8(6-19-12)10(13)11(16)17/h3-7,10H,2,13H2,1H3,(H,14,15)(H,16,17). The maximum Gasteiger partial charge on any atom is 0.326 e. The lowest BCUT2D eigenvalue weighted by Gasteiger charge is -2.14. The van der Waals surface area contributed by atoms with E-state index in [0.717, 1.165) is 6.42 Å². The molecule has 0 radical (unpaired) electrons. The maximum atomic E-state index is 10.8. The monoisotopic (exact) mass is 297 g/mol. The van der Waals surface area contributed by atoms with Crippen LogP contribution in [0, 0.1) is 0 Å². The Morgan fingerprint density at radius 1 is 1.58 bits per heavy atom. The van der Waals surface area contributed by atoms with E-state index in [2.05, 4.69) is 23.3 Å². The van der Waals surface area contributed by atoms with E-state index in [1.165, 1.54) is 16.2 Å². The summed E-state index contributed by atoms with van der Waals surface area (Å²) in [6.07, 6.45) is 0.931. The van der Waals surface area contributed by atoms with Crippen molar-refractivity contribution in [2.75, 3.05) is 5.32 Å². The van der Waals surface area contributed by atoms with Crippen LogP contribution in [0.5, 0.6) is 0 Å². The minimum Gasteiger partial charge on any atom is -0.480 e. The molecule has 2 heterocycles. The molecule has 0 aromatic carbocycles. The summed E-state index contributed by atoms with van der Waals surface area (Å²) in [4.78, 5) is 16.3. The Hall–Kier alpha value is -1.44. The van der Waals surface area contributed by atoms with E-state index in [9.17, 15) is 4.79 Å². The third-order valence-corrected chi connectivity index (χ3v) is 4.48. The number of anilines is 1. The van der Waals surface area contributed by atoms with Crippen LogP contribution in [-0.4, -0.2) is 16.1 Å². The number of aromatic nitrogens is 1. The number of thiazole rings is 1. The van der Waals surface area contributed by atoms with E-state index in [1.54, 1.807) is 16.7 Å². The largest absolute Gasteiger partial charge is 0.480 e. The van der Waals surface area contributed by atoms with Crippen molar-refractivity contribution >= 4 is 33.8 Å². The summed E-state index contributed by atoms with van der Waals surface area (Å²) >= 11 is 3.06. The first-order chi connectivity index (χ1) is 9.11. The molecule has 0 saturated carbocycles. The molecule has 0 saturated heterocycles. The van der Waals surface area contributed by atoms with Gasteiger partial charge in [-0.05, 0) is 17.9 Å². The van der Waals surface area contributed by atoms with Crippen LogP contribution in [0.2, 0.25) is 0 Å². The van der Waals surface area contributed by atoms with Crippen molar-refractivity contribution in [3.05, 3.63) is 33.5 Å². The fraction of sp³-hybridized carbons (Fsp3) is 0.333. The summed E-state index contributed by atoms with van der Waals surface area (Å²) in [5.41, 5.74) is 5.92.